The van der Waals surface area contributed by atoms with E-state index in [4.69, 9.17) is 13.8 Å². The summed E-state index contributed by atoms with van der Waals surface area (Å²) in [5, 5.41) is 1.59. The lowest BCUT2D eigenvalue weighted by Gasteiger charge is -2.29. The van der Waals surface area contributed by atoms with Crippen LogP contribution in [0.4, 0.5) is 0 Å². The largest absolute Gasteiger partial charge is 0.465 e. The number of rotatable bonds is 11. The molecule has 8 heteroatoms. The lowest BCUT2D eigenvalue weighted by molar-refractivity contribution is -0.143. The molecular weight excluding hydrogens is 470 g/mol. The highest BCUT2D eigenvalue weighted by Gasteiger charge is 2.47. The number of carbonyl (C=O) groups is 1. The summed E-state index contributed by atoms with van der Waals surface area (Å²) in [5.41, 5.74) is -1.08. The highest BCUT2D eigenvalue weighted by atomic mass is 31.2. The van der Waals surface area contributed by atoms with Crippen LogP contribution in [0, 0.1) is 0 Å². The number of esters is 1. The fourth-order valence-corrected chi connectivity index (χ4v) is 8.90. The van der Waals surface area contributed by atoms with Crippen LogP contribution in [0.3, 0.4) is 0 Å². The zero-order valence-corrected chi connectivity index (χ0v) is 21.4. The molecule has 0 aliphatic rings. The topological polar surface area (TPSA) is 78.9 Å². The van der Waals surface area contributed by atoms with E-state index in [1.165, 1.54) is 0 Å². The van der Waals surface area contributed by atoms with Crippen LogP contribution in [-0.2, 0) is 27.7 Å². The van der Waals surface area contributed by atoms with Crippen LogP contribution < -0.4 is 15.9 Å². The normalized spacial score (nSPS) is 12.8. The molecule has 3 aromatic rings. The third kappa shape index (κ3) is 5.26. The molecule has 34 heavy (non-hydrogen) atoms. The van der Waals surface area contributed by atoms with Crippen LogP contribution in [0.1, 0.15) is 32.0 Å². The van der Waals surface area contributed by atoms with Crippen molar-refractivity contribution in [3.63, 3.8) is 0 Å². The summed E-state index contributed by atoms with van der Waals surface area (Å²) in [6.45, 7) is 5.27. The van der Waals surface area contributed by atoms with Gasteiger partial charge in [-0.1, -0.05) is 84.9 Å². The predicted molar refractivity (Wildman–Crippen MR) is 136 cm³/mol. The zero-order chi connectivity index (χ0) is 24.6. The van der Waals surface area contributed by atoms with Gasteiger partial charge in [-0.15, -0.1) is 0 Å². The Labute approximate surface area is 201 Å². The average Bonchev–Trinajstić information content (AvgIpc) is 2.85. The van der Waals surface area contributed by atoms with E-state index < -0.39 is 26.4 Å². The molecule has 0 heterocycles. The van der Waals surface area contributed by atoms with E-state index in [0.29, 0.717) is 21.5 Å². The number of benzene rings is 3. The zero-order valence-electron chi connectivity index (χ0n) is 19.6. The van der Waals surface area contributed by atoms with Crippen molar-refractivity contribution < 1.29 is 27.7 Å². The first kappa shape index (κ1) is 26.1. The minimum absolute atomic E-state index is 0.0738. The van der Waals surface area contributed by atoms with Crippen molar-refractivity contribution in [2.75, 3.05) is 19.8 Å². The van der Waals surface area contributed by atoms with Gasteiger partial charge < -0.3 is 18.3 Å². The lowest BCUT2D eigenvalue weighted by Crippen LogP contribution is -2.31. The maximum Gasteiger partial charge on any atom is 0.349 e. The highest BCUT2D eigenvalue weighted by molar-refractivity contribution is 7.85. The van der Waals surface area contributed by atoms with Gasteiger partial charge in [0.1, 0.15) is 0 Å². The molecule has 0 N–H and O–H groups in total. The monoisotopic (exact) mass is 500 g/mol. The molecule has 6 nitrogen and oxygen atoms in total. The molecule has 1 unspecified atom stereocenters. The van der Waals surface area contributed by atoms with E-state index in [1.54, 1.807) is 69.3 Å². The molecule has 0 saturated carbocycles. The summed E-state index contributed by atoms with van der Waals surface area (Å²) in [7, 11) is -7.49. The second kappa shape index (κ2) is 11.8. The van der Waals surface area contributed by atoms with Gasteiger partial charge in [-0.05, 0) is 26.3 Å². The Hall–Kier alpha value is -2.49. The minimum Gasteiger partial charge on any atom is -0.465 e. The van der Waals surface area contributed by atoms with Crippen LogP contribution in [0.25, 0.3) is 0 Å². The molecule has 0 aliphatic heterocycles. The van der Waals surface area contributed by atoms with Crippen molar-refractivity contribution in [3.8, 4) is 0 Å². The molecule has 0 bridgehead atoms. The van der Waals surface area contributed by atoms with Gasteiger partial charge in [-0.25, -0.2) is 0 Å². The lowest BCUT2D eigenvalue weighted by atomic mass is 10.1. The van der Waals surface area contributed by atoms with Crippen LogP contribution in [0.5, 0.6) is 0 Å². The molecule has 3 rings (SSSR count). The van der Waals surface area contributed by atoms with Crippen molar-refractivity contribution in [3.05, 3.63) is 90.5 Å². The number of hydrogen-bond acceptors (Lipinski definition) is 6. The summed E-state index contributed by atoms with van der Waals surface area (Å²) in [6, 6.07) is 25.0. The van der Waals surface area contributed by atoms with Crippen LogP contribution >= 0.6 is 14.7 Å². The van der Waals surface area contributed by atoms with Gasteiger partial charge in [0.2, 0.25) is 0 Å². The first-order chi connectivity index (χ1) is 16.4. The standard InChI is InChI=1S/C26H30O6P2/c1-4-30-26(27)25(34(29,31-5-2)32-6-3)23-19-13-14-20-24(23)33(28,21-15-9-7-10-16-21)22-17-11-8-12-18-22/h7-20,25H,4-6H2,1-3H3. The summed E-state index contributed by atoms with van der Waals surface area (Å²) < 4.78 is 45.5. The Morgan fingerprint density at radius 1 is 0.706 bits per heavy atom. The SMILES string of the molecule is CCOC(=O)C(c1ccccc1P(=O)(c1ccccc1)c1ccccc1)P(=O)(OCC)OCC. The Morgan fingerprint density at radius 2 is 1.18 bits per heavy atom. The summed E-state index contributed by atoms with van der Waals surface area (Å²) in [6.07, 6.45) is 0. The first-order valence-electron chi connectivity index (χ1n) is 11.3. The summed E-state index contributed by atoms with van der Waals surface area (Å²) in [5.74, 6) is -0.743. The molecule has 0 amide bonds. The predicted octanol–water partition coefficient (Wildman–Crippen LogP) is 5.20. The maximum atomic E-state index is 15.0. The summed E-state index contributed by atoms with van der Waals surface area (Å²) in [4.78, 5) is 13.2. The molecule has 1 atom stereocenters. The van der Waals surface area contributed by atoms with Crippen molar-refractivity contribution >= 4 is 36.6 Å². The Morgan fingerprint density at radius 3 is 1.65 bits per heavy atom. The molecule has 0 radical (unpaired) electrons. The van der Waals surface area contributed by atoms with Crippen molar-refractivity contribution in [2.24, 2.45) is 0 Å². The van der Waals surface area contributed by atoms with Gasteiger partial charge in [0.15, 0.2) is 12.8 Å². The Balaban J connectivity index is 2.35. The van der Waals surface area contributed by atoms with E-state index in [2.05, 4.69) is 0 Å². The number of hydrogen-bond donors (Lipinski definition) is 0. The van der Waals surface area contributed by atoms with Crippen LogP contribution in [0.2, 0.25) is 0 Å². The molecule has 0 aliphatic carbocycles. The second-order valence-corrected chi connectivity index (χ2v) is 12.2. The molecule has 0 saturated heterocycles. The molecule has 0 aromatic heterocycles. The van der Waals surface area contributed by atoms with Crippen molar-refractivity contribution in [1.82, 2.24) is 0 Å². The summed E-state index contributed by atoms with van der Waals surface area (Å²) >= 11 is 0. The van der Waals surface area contributed by atoms with Gasteiger partial charge in [-0.2, -0.15) is 0 Å². The highest BCUT2D eigenvalue weighted by Crippen LogP contribution is 2.62. The second-order valence-electron chi connectivity index (χ2n) is 7.37. The molecule has 3 aromatic carbocycles. The Kier molecular flexibility index (Phi) is 9.04. The number of carbonyl (C=O) groups excluding carboxylic acids is 1. The quantitative estimate of drug-likeness (QED) is 0.266. The molecule has 0 spiro atoms. The van der Waals surface area contributed by atoms with E-state index in [1.807, 2.05) is 36.4 Å². The van der Waals surface area contributed by atoms with E-state index in [-0.39, 0.29) is 19.8 Å². The fourth-order valence-electron chi connectivity index (χ4n) is 3.90. The molecular formula is C26H30O6P2. The van der Waals surface area contributed by atoms with Gasteiger partial charge in [0.05, 0.1) is 19.8 Å². The van der Waals surface area contributed by atoms with Crippen LogP contribution in [-0.4, -0.2) is 25.8 Å². The average molecular weight is 500 g/mol. The van der Waals surface area contributed by atoms with Crippen molar-refractivity contribution in [1.29, 1.82) is 0 Å². The van der Waals surface area contributed by atoms with E-state index in [0.717, 1.165) is 0 Å². The van der Waals surface area contributed by atoms with Crippen LogP contribution in [0.15, 0.2) is 84.9 Å². The maximum absolute atomic E-state index is 15.0. The van der Waals surface area contributed by atoms with Crippen molar-refractivity contribution in [2.45, 2.75) is 26.4 Å². The third-order valence-corrected chi connectivity index (χ3v) is 10.7. The Bertz CT molecular complexity index is 1130. The van der Waals surface area contributed by atoms with Gasteiger partial charge >= 0.3 is 13.6 Å². The van der Waals surface area contributed by atoms with E-state index in [9.17, 15) is 9.36 Å². The molecule has 180 valence electrons. The smallest absolute Gasteiger partial charge is 0.349 e. The number of ether oxygens (including phenoxy) is 1. The molecule has 0 fully saturated rings. The van der Waals surface area contributed by atoms with Gasteiger partial charge in [-0.3, -0.25) is 9.36 Å². The first-order valence-corrected chi connectivity index (χ1v) is 14.6. The van der Waals surface area contributed by atoms with E-state index >= 15 is 4.57 Å². The third-order valence-electron chi connectivity index (χ3n) is 5.25. The van der Waals surface area contributed by atoms with Gasteiger partial charge in [0.25, 0.3) is 0 Å². The van der Waals surface area contributed by atoms with Gasteiger partial charge in [0, 0.05) is 15.9 Å². The minimum atomic E-state index is -4.01. The fraction of sp³-hybridized carbons (Fsp3) is 0.269.